The molecule has 1 aromatic rings. The van der Waals surface area contributed by atoms with Gasteiger partial charge in [0, 0.05) is 30.7 Å². The molecule has 8 heteroatoms. The number of hydrogen-bond donors (Lipinski definition) is 1. The van der Waals surface area contributed by atoms with Crippen LogP contribution in [0.15, 0.2) is 33.6 Å². The first-order valence-corrected chi connectivity index (χ1v) is 10.2. The van der Waals surface area contributed by atoms with Crippen molar-refractivity contribution in [2.24, 2.45) is 5.92 Å². The average Bonchev–Trinajstić information content (AvgIpc) is 2.55. The molecule has 0 saturated carbocycles. The zero-order valence-corrected chi connectivity index (χ0v) is 16.4. The molecule has 1 saturated heterocycles. The molecule has 1 N–H and O–H groups in total. The topological polar surface area (TPSA) is 69.7 Å². The van der Waals surface area contributed by atoms with E-state index in [1.807, 2.05) is 19.0 Å². The van der Waals surface area contributed by atoms with E-state index in [4.69, 9.17) is 0 Å². The molecule has 134 valence electrons. The zero-order valence-electron chi connectivity index (χ0n) is 14.0. The molecule has 1 aliphatic heterocycles. The minimum absolute atomic E-state index is 0.0624. The van der Waals surface area contributed by atoms with Gasteiger partial charge in [-0.2, -0.15) is 4.31 Å². The minimum atomic E-state index is -3.55. The Hall–Kier alpha value is -0.960. The van der Waals surface area contributed by atoms with Gasteiger partial charge in [0.1, 0.15) is 0 Å². The van der Waals surface area contributed by atoms with Gasteiger partial charge in [0.2, 0.25) is 15.9 Å². The third-order valence-electron chi connectivity index (χ3n) is 4.06. The van der Waals surface area contributed by atoms with Gasteiger partial charge in [-0.25, -0.2) is 8.42 Å². The Labute approximate surface area is 152 Å². The summed E-state index contributed by atoms with van der Waals surface area (Å²) in [4.78, 5) is 14.5. The Morgan fingerprint density at radius 1 is 1.33 bits per heavy atom. The van der Waals surface area contributed by atoms with Crippen molar-refractivity contribution in [2.75, 3.05) is 40.3 Å². The SMILES string of the molecule is CN(C)CCNC(=O)C1CCCN(S(=O)(=O)c2ccc(Br)cc2)C1. The number of hydrogen-bond acceptors (Lipinski definition) is 4. The van der Waals surface area contributed by atoms with Crippen LogP contribution in [0.5, 0.6) is 0 Å². The maximum atomic E-state index is 12.7. The predicted molar refractivity (Wildman–Crippen MR) is 97.2 cm³/mol. The number of nitrogens with zero attached hydrogens (tertiary/aromatic N) is 2. The number of halogens is 1. The van der Waals surface area contributed by atoms with Gasteiger partial charge >= 0.3 is 0 Å². The van der Waals surface area contributed by atoms with E-state index in [9.17, 15) is 13.2 Å². The first-order valence-electron chi connectivity index (χ1n) is 7.99. The number of benzene rings is 1. The van der Waals surface area contributed by atoms with Crippen molar-refractivity contribution >= 4 is 31.9 Å². The second-order valence-electron chi connectivity index (χ2n) is 6.25. The highest BCUT2D eigenvalue weighted by Gasteiger charge is 2.33. The lowest BCUT2D eigenvalue weighted by Gasteiger charge is -2.31. The van der Waals surface area contributed by atoms with Gasteiger partial charge in [0.15, 0.2) is 0 Å². The standard InChI is InChI=1S/C16H24BrN3O3S/c1-19(2)11-9-18-16(21)13-4-3-10-20(12-13)24(22,23)15-7-5-14(17)6-8-15/h5-8,13H,3-4,9-12H2,1-2H3,(H,18,21). The molecule has 24 heavy (non-hydrogen) atoms. The Kier molecular flexibility index (Phi) is 6.79. The lowest BCUT2D eigenvalue weighted by atomic mass is 9.99. The van der Waals surface area contributed by atoms with E-state index in [1.54, 1.807) is 24.3 Å². The molecule has 0 spiro atoms. The highest BCUT2D eigenvalue weighted by Crippen LogP contribution is 2.24. The Bertz CT molecular complexity index is 662. The van der Waals surface area contributed by atoms with Crippen LogP contribution < -0.4 is 5.32 Å². The monoisotopic (exact) mass is 417 g/mol. The van der Waals surface area contributed by atoms with Gasteiger partial charge in [0.25, 0.3) is 0 Å². The number of carbonyl (C=O) groups is 1. The molecule has 0 aromatic heterocycles. The highest BCUT2D eigenvalue weighted by molar-refractivity contribution is 9.10. The zero-order chi connectivity index (χ0) is 17.7. The van der Waals surface area contributed by atoms with Gasteiger partial charge in [0.05, 0.1) is 10.8 Å². The second kappa shape index (κ2) is 8.42. The van der Waals surface area contributed by atoms with Crippen LogP contribution in [0.25, 0.3) is 0 Å². The van der Waals surface area contributed by atoms with E-state index in [2.05, 4.69) is 21.2 Å². The minimum Gasteiger partial charge on any atom is -0.355 e. The van der Waals surface area contributed by atoms with Gasteiger partial charge in [-0.1, -0.05) is 15.9 Å². The van der Waals surface area contributed by atoms with Crippen LogP contribution >= 0.6 is 15.9 Å². The summed E-state index contributed by atoms with van der Waals surface area (Å²) in [5.74, 6) is -0.348. The summed E-state index contributed by atoms with van der Waals surface area (Å²) in [6, 6.07) is 6.59. The first-order chi connectivity index (χ1) is 11.3. The van der Waals surface area contributed by atoms with E-state index < -0.39 is 10.0 Å². The fourth-order valence-electron chi connectivity index (χ4n) is 2.68. The smallest absolute Gasteiger partial charge is 0.243 e. The lowest BCUT2D eigenvalue weighted by Crippen LogP contribution is -2.46. The number of nitrogens with one attached hydrogen (secondary N) is 1. The van der Waals surface area contributed by atoms with Crippen molar-refractivity contribution < 1.29 is 13.2 Å². The molecule has 0 bridgehead atoms. The molecule has 1 unspecified atom stereocenters. The van der Waals surface area contributed by atoms with E-state index >= 15 is 0 Å². The molecule has 0 aliphatic carbocycles. The molecule has 1 fully saturated rings. The Morgan fingerprint density at radius 3 is 2.62 bits per heavy atom. The number of piperidine rings is 1. The van der Waals surface area contributed by atoms with Crippen molar-refractivity contribution in [3.63, 3.8) is 0 Å². The normalized spacial score (nSPS) is 19.4. The van der Waals surface area contributed by atoms with Gasteiger partial charge in [-0.3, -0.25) is 4.79 Å². The molecule has 1 aliphatic rings. The molecule has 2 rings (SSSR count). The maximum Gasteiger partial charge on any atom is 0.243 e. The van der Waals surface area contributed by atoms with E-state index in [0.717, 1.165) is 17.4 Å². The number of rotatable bonds is 6. The Morgan fingerprint density at radius 2 is 2.00 bits per heavy atom. The van der Waals surface area contributed by atoms with Crippen LogP contribution in [0.1, 0.15) is 12.8 Å². The third kappa shape index (κ3) is 5.02. The molecule has 0 radical (unpaired) electrons. The molecule has 1 aromatic carbocycles. The van der Waals surface area contributed by atoms with Gasteiger partial charge in [-0.15, -0.1) is 0 Å². The van der Waals surface area contributed by atoms with Crippen LogP contribution in [0.3, 0.4) is 0 Å². The molecular weight excluding hydrogens is 394 g/mol. The molecular formula is C16H24BrN3O3S. The molecule has 1 amide bonds. The van der Waals surface area contributed by atoms with Crippen LogP contribution in [-0.2, 0) is 14.8 Å². The summed E-state index contributed by atoms with van der Waals surface area (Å²) in [6.45, 7) is 2.03. The Balaban J connectivity index is 2.01. The van der Waals surface area contributed by atoms with E-state index in [-0.39, 0.29) is 23.3 Å². The first kappa shape index (κ1) is 19.4. The molecule has 6 nitrogen and oxygen atoms in total. The van der Waals surface area contributed by atoms with Crippen LogP contribution in [0, 0.1) is 5.92 Å². The van der Waals surface area contributed by atoms with Gasteiger partial charge < -0.3 is 10.2 Å². The van der Waals surface area contributed by atoms with Crippen molar-refractivity contribution in [3.8, 4) is 0 Å². The summed E-state index contributed by atoms with van der Waals surface area (Å²) < 4.78 is 27.7. The van der Waals surface area contributed by atoms with Crippen molar-refractivity contribution in [2.45, 2.75) is 17.7 Å². The molecule has 1 heterocycles. The maximum absolute atomic E-state index is 12.7. The third-order valence-corrected chi connectivity index (χ3v) is 6.47. The van der Waals surface area contributed by atoms with Crippen molar-refractivity contribution in [1.82, 2.24) is 14.5 Å². The van der Waals surface area contributed by atoms with E-state index in [1.165, 1.54) is 4.31 Å². The number of likely N-dealkylation sites (N-methyl/N-ethyl adjacent to an activating group) is 1. The summed E-state index contributed by atoms with van der Waals surface area (Å²) >= 11 is 3.31. The summed E-state index contributed by atoms with van der Waals surface area (Å²) in [7, 11) is 0.333. The number of amides is 1. The fourth-order valence-corrected chi connectivity index (χ4v) is 4.47. The lowest BCUT2D eigenvalue weighted by molar-refractivity contribution is -0.126. The highest BCUT2D eigenvalue weighted by atomic mass is 79.9. The van der Waals surface area contributed by atoms with Crippen molar-refractivity contribution in [3.05, 3.63) is 28.7 Å². The van der Waals surface area contributed by atoms with Crippen molar-refractivity contribution in [1.29, 1.82) is 0 Å². The summed E-state index contributed by atoms with van der Waals surface area (Å²) in [6.07, 6.45) is 1.42. The summed E-state index contributed by atoms with van der Waals surface area (Å²) in [5.41, 5.74) is 0. The van der Waals surface area contributed by atoms with Gasteiger partial charge in [-0.05, 0) is 51.2 Å². The van der Waals surface area contributed by atoms with E-state index in [0.29, 0.717) is 19.5 Å². The summed E-state index contributed by atoms with van der Waals surface area (Å²) in [5, 5.41) is 2.89. The average molecular weight is 418 g/mol. The van der Waals surface area contributed by atoms with Crippen LogP contribution in [-0.4, -0.2) is 63.8 Å². The second-order valence-corrected chi connectivity index (χ2v) is 9.10. The largest absolute Gasteiger partial charge is 0.355 e. The van der Waals surface area contributed by atoms with Crippen LogP contribution in [0.2, 0.25) is 0 Å². The number of sulfonamides is 1. The molecule has 1 atom stereocenters. The fraction of sp³-hybridized carbons (Fsp3) is 0.562. The number of carbonyl (C=O) groups excluding carboxylic acids is 1. The quantitative estimate of drug-likeness (QED) is 0.761. The van der Waals surface area contributed by atoms with Crippen LogP contribution in [0.4, 0.5) is 0 Å². The predicted octanol–water partition coefficient (Wildman–Crippen LogP) is 1.53.